The van der Waals surface area contributed by atoms with Crippen LogP contribution in [-0.4, -0.2) is 18.3 Å². The van der Waals surface area contributed by atoms with Crippen LogP contribution in [0.15, 0.2) is 27.4 Å². The average molecular weight is 352 g/mol. The Morgan fingerprint density at radius 3 is 2.85 bits per heavy atom. The maximum Gasteiger partial charge on any atom is 0.262 e. The Hall–Kier alpha value is -1.66. The van der Waals surface area contributed by atoms with Gasteiger partial charge in [-0.1, -0.05) is 0 Å². The molecule has 0 unspecified atom stereocenters. The molecule has 0 radical (unpaired) electrons. The number of amides is 1. The standard InChI is InChI=1S/C14H10BrNO3S/c1-7-5-20-6-9(7)14(18)8-2-12-11(3-10(8)15)16-13(17)4-19-12/h2-3,5-6H,4H2,1H3,(H,16,17). The summed E-state index contributed by atoms with van der Waals surface area (Å²) >= 11 is 4.88. The van der Waals surface area contributed by atoms with Gasteiger partial charge in [-0.2, -0.15) is 11.3 Å². The van der Waals surface area contributed by atoms with Crippen molar-refractivity contribution in [2.24, 2.45) is 0 Å². The SMILES string of the molecule is Cc1cscc1C(=O)c1cc2c(cc1Br)NC(=O)CO2. The van der Waals surface area contributed by atoms with Gasteiger partial charge in [0.1, 0.15) is 5.75 Å². The topological polar surface area (TPSA) is 55.4 Å². The third-order valence-corrected chi connectivity index (χ3v) is 4.56. The van der Waals surface area contributed by atoms with E-state index >= 15 is 0 Å². The van der Waals surface area contributed by atoms with Crippen LogP contribution in [0.3, 0.4) is 0 Å². The van der Waals surface area contributed by atoms with E-state index in [1.54, 1.807) is 12.1 Å². The van der Waals surface area contributed by atoms with E-state index in [1.165, 1.54) is 11.3 Å². The van der Waals surface area contributed by atoms with E-state index < -0.39 is 0 Å². The van der Waals surface area contributed by atoms with Crippen molar-refractivity contribution >= 4 is 44.6 Å². The zero-order chi connectivity index (χ0) is 14.3. The van der Waals surface area contributed by atoms with Gasteiger partial charge in [-0.3, -0.25) is 9.59 Å². The highest BCUT2D eigenvalue weighted by atomic mass is 79.9. The first-order valence-electron chi connectivity index (χ1n) is 5.90. The molecule has 0 saturated heterocycles. The van der Waals surface area contributed by atoms with Gasteiger partial charge in [-0.15, -0.1) is 0 Å². The third-order valence-electron chi connectivity index (χ3n) is 3.05. The number of hydrogen-bond donors (Lipinski definition) is 1. The number of halogens is 1. The summed E-state index contributed by atoms with van der Waals surface area (Å²) in [4.78, 5) is 23.8. The van der Waals surface area contributed by atoms with Crippen molar-refractivity contribution in [1.29, 1.82) is 0 Å². The van der Waals surface area contributed by atoms with Crippen molar-refractivity contribution in [3.05, 3.63) is 44.1 Å². The zero-order valence-electron chi connectivity index (χ0n) is 10.5. The molecule has 4 nitrogen and oxygen atoms in total. The first kappa shape index (κ1) is 13.3. The molecule has 0 bridgehead atoms. The molecule has 0 atom stereocenters. The molecule has 6 heteroatoms. The highest BCUT2D eigenvalue weighted by Gasteiger charge is 2.22. The van der Waals surface area contributed by atoms with Crippen molar-refractivity contribution in [1.82, 2.24) is 0 Å². The van der Waals surface area contributed by atoms with Crippen molar-refractivity contribution in [3.63, 3.8) is 0 Å². The van der Waals surface area contributed by atoms with E-state index in [-0.39, 0.29) is 18.3 Å². The smallest absolute Gasteiger partial charge is 0.262 e. The lowest BCUT2D eigenvalue weighted by atomic mass is 10.0. The fourth-order valence-electron chi connectivity index (χ4n) is 2.01. The Morgan fingerprint density at radius 2 is 2.15 bits per heavy atom. The molecule has 0 saturated carbocycles. The molecule has 0 aliphatic carbocycles. The largest absolute Gasteiger partial charge is 0.482 e. The van der Waals surface area contributed by atoms with Crippen LogP contribution in [-0.2, 0) is 4.79 Å². The first-order chi connectivity index (χ1) is 9.56. The summed E-state index contributed by atoms with van der Waals surface area (Å²) in [5.41, 5.74) is 2.75. The number of carbonyl (C=O) groups is 2. The lowest BCUT2D eigenvalue weighted by Crippen LogP contribution is -2.25. The van der Waals surface area contributed by atoms with Crippen LogP contribution in [0.2, 0.25) is 0 Å². The van der Waals surface area contributed by atoms with Gasteiger partial charge in [-0.25, -0.2) is 0 Å². The van der Waals surface area contributed by atoms with E-state index in [4.69, 9.17) is 4.74 Å². The molecule has 1 N–H and O–H groups in total. The van der Waals surface area contributed by atoms with Gasteiger partial charge in [0.15, 0.2) is 12.4 Å². The van der Waals surface area contributed by atoms with Crippen molar-refractivity contribution in [2.45, 2.75) is 6.92 Å². The second kappa shape index (κ2) is 5.03. The summed E-state index contributed by atoms with van der Waals surface area (Å²) in [5, 5.41) is 6.49. The fourth-order valence-corrected chi connectivity index (χ4v) is 3.36. The van der Waals surface area contributed by atoms with E-state index in [9.17, 15) is 9.59 Å². The van der Waals surface area contributed by atoms with Gasteiger partial charge in [0, 0.05) is 21.0 Å². The number of aryl methyl sites for hydroxylation is 1. The van der Waals surface area contributed by atoms with Crippen molar-refractivity contribution in [2.75, 3.05) is 11.9 Å². The summed E-state index contributed by atoms with van der Waals surface area (Å²) in [6, 6.07) is 3.36. The number of thiophene rings is 1. The molecule has 0 spiro atoms. The van der Waals surface area contributed by atoms with Gasteiger partial charge in [0.2, 0.25) is 0 Å². The fraction of sp³-hybridized carbons (Fsp3) is 0.143. The highest BCUT2D eigenvalue weighted by molar-refractivity contribution is 9.10. The molecule has 1 amide bonds. The van der Waals surface area contributed by atoms with Gasteiger partial charge >= 0.3 is 0 Å². The lowest BCUT2D eigenvalue weighted by Gasteiger charge is -2.19. The predicted octanol–water partition coefficient (Wildman–Crippen LogP) is 3.38. The van der Waals surface area contributed by atoms with Crippen LogP contribution in [0, 0.1) is 6.92 Å². The van der Waals surface area contributed by atoms with Gasteiger partial charge in [0.05, 0.1) is 5.69 Å². The Bertz CT molecular complexity index is 723. The Morgan fingerprint density at radius 1 is 1.35 bits per heavy atom. The molecule has 1 aliphatic heterocycles. The molecule has 2 aromatic rings. The molecule has 2 heterocycles. The summed E-state index contributed by atoms with van der Waals surface area (Å²) in [5.74, 6) is 0.264. The Balaban J connectivity index is 2.05. The molecule has 20 heavy (non-hydrogen) atoms. The van der Waals surface area contributed by atoms with E-state index in [0.29, 0.717) is 27.0 Å². The Kier molecular flexibility index (Phi) is 3.35. The monoisotopic (exact) mass is 351 g/mol. The predicted molar refractivity (Wildman–Crippen MR) is 80.8 cm³/mol. The second-order valence-corrected chi connectivity index (χ2v) is 6.06. The molecule has 1 aromatic heterocycles. The summed E-state index contributed by atoms with van der Waals surface area (Å²) in [6.45, 7) is 1.88. The van der Waals surface area contributed by atoms with E-state index in [1.807, 2.05) is 17.7 Å². The summed E-state index contributed by atoms with van der Waals surface area (Å²) in [6.07, 6.45) is 0. The quantitative estimate of drug-likeness (QED) is 0.843. The number of benzene rings is 1. The maximum absolute atomic E-state index is 12.5. The number of ketones is 1. The minimum atomic E-state index is -0.197. The van der Waals surface area contributed by atoms with Gasteiger partial charge in [-0.05, 0) is 45.9 Å². The molecule has 102 valence electrons. The van der Waals surface area contributed by atoms with Gasteiger partial charge < -0.3 is 10.1 Å². The first-order valence-corrected chi connectivity index (χ1v) is 7.63. The molecule has 0 fully saturated rings. The van der Waals surface area contributed by atoms with Crippen LogP contribution >= 0.6 is 27.3 Å². The highest BCUT2D eigenvalue weighted by Crippen LogP contribution is 2.35. The van der Waals surface area contributed by atoms with Crippen LogP contribution in [0.5, 0.6) is 5.75 Å². The molecule has 3 rings (SSSR count). The molecular formula is C14H10BrNO3S. The normalized spacial score (nSPS) is 13.4. The number of hydrogen-bond acceptors (Lipinski definition) is 4. The number of anilines is 1. The minimum Gasteiger partial charge on any atom is -0.482 e. The molecular weight excluding hydrogens is 342 g/mol. The number of nitrogens with one attached hydrogen (secondary N) is 1. The average Bonchev–Trinajstić information content (AvgIpc) is 2.83. The van der Waals surface area contributed by atoms with Crippen molar-refractivity contribution < 1.29 is 14.3 Å². The molecule has 1 aliphatic rings. The van der Waals surface area contributed by atoms with E-state index in [2.05, 4.69) is 21.2 Å². The minimum absolute atomic E-state index is 0.0280. The van der Waals surface area contributed by atoms with Crippen LogP contribution in [0.4, 0.5) is 5.69 Å². The van der Waals surface area contributed by atoms with Crippen LogP contribution in [0.25, 0.3) is 0 Å². The van der Waals surface area contributed by atoms with Gasteiger partial charge in [0.25, 0.3) is 5.91 Å². The maximum atomic E-state index is 12.5. The summed E-state index contributed by atoms with van der Waals surface area (Å²) < 4.78 is 5.98. The second-order valence-electron chi connectivity index (χ2n) is 4.46. The number of carbonyl (C=O) groups excluding carboxylic acids is 2. The number of ether oxygens (including phenoxy) is 1. The number of rotatable bonds is 2. The van der Waals surface area contributed by atoms with Crippen molar-refractivity contribution in [3.8, 4) is 5.75 Å². The third kappa shape index (κ3) is 2.25. The Labute approximate surface area is 127 Å². The van der Waals surface area contributed by atoms with Crippen LogP contribution in [0.1, 0.15) is 21.5 Å². The zero-order valence-corrected chi connectivity index (χ0v) is 12.9. The lowest BCUT2D eigenvalue weighted by molar-refractivity contribution is -0.118. The number of fused-ring (bicyclic) bond motifs is 1. The summed E-state index contributed by atoms with van der Waals surface area (Å²) in [7, 11) is 0. The van der Waals surface area contributed by atoms with E-state index in [0.717, 1.165) is 5.56 Å². The molecule has 1 aromatic carbocycles. The van der Waals surface area contributed by atoms with Crippen LogP contribution < -0.4 is 10.1 Å².